The van der Waals surface area contributed by atoms with Gasteiger partial charge in [0.1, 0.15) is 11.3 Å². The molecule has 0 radical (unpaired) electrons. The number of anilines is 2. The molecule has 0 bridgehead atoms. The molecule has 2 aromatic heterocycles. The Morgan fingerprint density at radius 1 is 1.24 bits per heavy atom. The molecular weight excluding hydrogens is 434 g/mol. The SMILES string of the molecule is COc1ccc2nccc(NC(=O)C3CCN(CCc4ccc5c(c4)NC(=O)CO5)CC3)c2n1. The Morgan fingerprint density at radius 2 is 2.09 bits per heavy atom. The molecule has 1 aromatic carbocycles. The molecule has 2 aliphatic rings. The van der Waals surface area contributed by atoms with Gasteiger partial charge in [0.15, 0.2) is 6.61 Å². The van der Waals surface area contributed by atoms with Crippen molar-refractivity contribution in [3.05, 3.63) is 48.2 Å². The summed E-state index contributed by atoms with van der Waals surface area (Å²) >= 11 is 0. The van der Waals surface area contributed by atoms with Crippen LogP contribution in [-0.4, -0.2) is 60.0 Å². The summed E-state index contributed by atoms with van der Waals surface area (Å²) in [5, 5.41) is 5.91. The molecule has 0 spiro atoms. The van der Waals surface area contributed by atoms with Gasteiger partial charge >= 0.3 is 0 Å². The molecule has 2 amide bonds. The van der Waals surface area contributed by atoms with Crippen LogP contribution in [0, 0.1) is 5.92 Å². The molecule has 4 heterocycles. The van der Waals surface area contributed by atoms with Crippen LogP contribution < -0.4 is 20.1 Å². The number of likely N-dealkylation sites (tertiary alicyclic amines) is 1. The molecule has 34 heavy (non-hydrogen) atoms. The molecule has 3 aromatic rings. The van der Waals surface area contributed by atoms with Crippen LogP contribution in [0.3, 0.4) is 0 Å². The van der Waals surface area contributed by atoms with E-state index in [-0.39, 0.29) is 24.3 Å². The van der Waals surface area contributed by atoms with E-state index in [0.717, 1.165) is 50.1 Å². The van der Waals surface area contributed by atoms with E-state index in [1.165, 1.54) is 0 Å². The van der Waals surface area contributed by atoms with Crippen molar-refractivity contribution < 1.29 is 19.1 Å². The van der Waals surface area contributed by atoms with Gasteiger partial charge < -0.3 is 25.0 Å². The maximum absolute atomic E-state index is 13.0. The maximum atomic E-state index is 13.0. The minimum Gasteiger partial charge on any atom is -0.482 e. The molecule has 9 heteroatoms. The molecule has 1 fully saturated rings. The Kier molecular flexibility index (Phi) is 6.27. The first-order chi connectivity index (χ1) is 16.6. The molecule has 2 aliphatic heterocycles. The van der Waals surface area contributed by atoms with E-state index < -0.39 is 0 Å². The second kappa shape index (κ2) is 9.64. The highest BCUT2D eigenvalue weighted by Gasteiger charge is 2.25. The fourth-order valence-corrected chi connectivity index (χ4v) is 4.45. The van der Waals surface area contributed by atoms with Crippen molar-refractivity contribution in [3.8, 4) is 11.6 Å². The van der Waals surface area contributed by atoms with Gasteiger partial charge in [-0.2, -0.15) is 0 Å². The summed E-state index contributed by atoms with van der Waals surface area (Å²) in [4.78, 5) is 35.7. The van der Waals surface area contributed by atoms with Crippen LogP contribution in [0.5, 0.6) is 11.6 Å². The second-order valence-corrected chi connectivity index (χ2v) is 8.60. The third kappa shape index (κ3) is 4.79. The van der Waals surface area contributed by atoms with Crippen LogP contribution in [0.4, 0.5) is 11.4 Å². The van der Waals surface area contributed by atoms with Crippen LogP contribution in [0.25, 0.3) is 11.0 Å². The number of ether oxygens (including phenoxy) is 2. The summed E-state index contributed by atoms with van der Waals surface area (Å²) in [6.07, 6.45) is 4.16. The molecule has 5 rings (SSSR count). The lowest BCUT2D eigenvalue weighted by molar-refractivity contribution is -0.121. The summed E-state index contributed by atoms with van der Waals surface area (Å²) in [7, 11) is 1.56. The van der Waals surface area contributed by atoms with E-state index in [9.17, 15) is 9.59 Å². The standard InChI is InChI=1S/C25H27N5O4/c1-33-23-5-3-18-24(29-23)19(6-10-26-18)28-25(32)17-8-12-30(13-9-17)11-7-16-2-4-21-20(14-16)27-22(31)15-34-21/h2-6,10,14,17H,7-9,11-13,15H2,1H3,(H,27,31)(H,26,28,32). The Morgan fingerprint density at radius 3 is 2.91 bits per heavy atom. The van der Waals surface area contributed by atoms with Gasteiger partial charge in [0, 0.05) is 24.7 Å². The zero-order chi connectivity index (χ0) is 23.5. The van der Waals surface area contributed by atoms with Crippen LogP contribution in [0.15, 0.2) is 42.6 Å². The van der Waals surface area contributed by atoms with Crippen molar-refractivity contribution in [2.45, 2.75) is 19.3 Å². The maximum Gasteiger partial charge on any atom is 0.262 e. The van der Waals surface area contributed by atoms with E-state index in [2.05, 4.69) is 25.5 Å². The smallest absolute Gasteiger partial charge is 0.262 e. The highest BCUT2D eigenvalue weighted by atomic mass is 16.5. The Balaban J connectivity index is 1.14. The molecular formula is C25H27N5O4. The number of hydrogen-bond acceptors (Lipinski definition) is 7. The lowest BCUT2D eigenvalue weighted by Gasteiger charge is -2.31. The van der Waals surface area contributed by atoms with Gasteiger partial charge in [0.2, 0.25) is 11.8 Å². The van der Waals surface area contributed by atoms with Gasteiger partial charge in [0.25, 0.3) is 5.91 Å². The van der Waals surface area contributed by atoms with Gasteiger partial charge in [-0.05, 0) is 62.2 Å². The van der Waals surface area contributed by atoms with Crippen LogP contribution in [-0.2, 0) is 16.0 Å². The number of aromatic nitrogens is 2. The first-order valence-corrected chi connectivity index (χ1v) is 11.5. The van der Waals surface area contributed by atoms with Crippen LogP contribution in [0.2, 0.25) is 0 Å². The Bertz CT molecular complexity index is 1220. The van der Waals surface area contributed by atoms with Gasteiger partial charge in [-0.3, -0.25) is 14.6 Å². The molecule has 176 valence electrons. The van der Waals surface area contributed by atoms with E-state index in [1.807, 2.05) is 24.3 Å². The molecule has 9 nitrogen and oxygen atoms in total. The number of piperidine rings is 1. The number of benzene rings is 1. The minimum atomic E-state index is -0.125. The number of carbonyl (C=O) groups is 2. The predicted octanol–water partition coefficient (Wildman–Crippen LogP) is 2.86. The molecule has 0 atom stereocenters. The molecule has 2 N–H and O–H groups in total. The van der Waals surface area contributed by atoms with Crippen molar-refractivity contribution in [1.29, 1.82) is 0 Å². The van der Waals surface area contributed by atoms with Gasteiger partial charge in [0.05, 0.1) is 24.0 Å². The molecule has 0 unspecified atom stereocenters. The largest absolute Gasteiger partial charge is 0.482 e. The second-order valence-electron chi connectivity index (χ2n) is 8.60. The van der Waals surface area contributed by atoms with E-state index in [1.54, 1.807) is 25.4 Å². The number of fused-ring (bicyclic) bond motifs is 2. The highest BCUT2D eigenvalue weighted by Crippen LogP contribution is 2.29. The molecule has 0 aliphatic carbocycles. The molecule has 0 saturated carbocycles. The number of hydrogen-bond donors (Lipinski definition) is 2. The highest BCUT2D eigenvalue weighted by molar-refractivity contribution is 6.00. The van der Waals surface area contributed by atoms with Crippen molar-refractivity contribution in [2.24, 2.45) is 5.92 Å². The van der Waals surface area contributed by atoms with Gasteiger partial charge in [-0.15, -0.1) is 0 Å². The summed E-state index contributed by atoms with van der Waals surface area (Å²) < 4.78 is 10.6. The monoisotopic (exact) mass is 461 g/mol. The Hall–Kier alpha value is -3.72. The summed E-state index contributed by atoms with van der Waals surface area (Å²) in [5.41, 5.74) is 3.87. The fraction of sp³-hybridized carbons (Fsp3) is 0.360. The number of carbonyl (C=O) groups excluding carboxylic acids is 2. The summed E-state index contributed by atoms with van der Waals surface area (Å²) in [5.74, 6) is 1.05. The minimum absolute atomic E-state index is 0.0159. The average Bonchev–Trinajstić information content (AvgIpc) is 2.87. The third-order valence-corrected chi connectivity index (χ3v) is 6.38. The van der Waals surface area contributed by atoms with Crippen LogP contribution >= 0.6 is 0 Å². The number of nitrogens with one attached hydrogen (secondary N) is 2. The normalized spacial score (nSPS) is 16.4. The number of pyridine rings is 2. The molecule has 1 saturated heterocycles. The number of methoxy groups -OCH3 is 1. The quantitative estimate of drug-likeness (QED) is 0.581. The van der Waals surface area contributed by atoms with Gasteiger partial charge in [-0.25, -0.2) is 4.98 Å². The number of nitrogens with zero attached hydrogens (tertiary/aromatic N) is 3. The first-order valence-electron chi connectivity index (χ1n) is 11.5. The van der Waals surface area contributed by atoms with E-state index in [4.69, 9.17) is 9.47 Å². The number of amides is 2. The zero-order valence-electron chi connectivity index (χ0n) is 19.0. The topological polar surface area (TPSA) is 106 Å². The third-order valence-electron chi connectivity index (χ3n) is 6.38. The summed E-state index contributed by atoms with van der Waals surface area (Å²) in [6.45, 7) is 2.70. The van der Waals surface area contributed by atoms with Crippen LogP contribution in [0.1, 0.15) is 18.4 Å². The lowest BCUT2D eigenvalue weighted by atomic mass is 9.95. The lowest BCUT2D eigenvalue weighted by Crippen LogP contribution is -2.39. The van der Waals surface area contributed by atoms with E-state index in [0.29, 0.717) is 28.4 Å². The summed E-state index contributed by atoms with van der Waals surface area (Å²) in [6, 6.07) is 11.3. The zero-order valence-corrected chi connectivity index (χ0v) is 19.0. The first kappa shape index (κ1) is 22.1. The predicted molar refractivity (Wildman–Crippen MR) is 128 cm³/mol. The van der Waals surface area contributed by atoms with Crippen molar-refractivity contribution in [2.75, 3.05) is 44.0 Å². The van der Waals surface area contributed by atoms with Crippen molar-refractivity contribution >= 4 is 34.2 Å². The number of rotatable bonds is 6. The average molecular weight is 462 g/mol. The van der Waals surface area contributed by atoms with E-state index >= 15 is 0 Å². The Labute approximate surface area is 197 Å². The van der Waals surface area contributed by atoms with Crippen molar-refractivity contribution in [3.63, 3.8) is 0 Å². The fourth-order valence-electron chi connectivity index (χ4n) is 4.45. The van der Waals surface area contributed by atoms with Crippen molar-refractivity contribution in [1.82, 2.24) is 14.9 Å². The van der Waals surface area contributed by atoms with Gasteiger partial charge in [-0.1, -0.05) is 6.07 Å².